The number of aryl methyl sites for hydroxylation is 2. The zero-order valence-corrected chi connectivity index (χ0v) is 21.4. The molecule has 0 saturated heterocycles. The lowest BCUT2D eigenvalue weighted by atomic mass is 10.1. The molecule has 0 fully saturated rings. The van der Waals surface area contributed by atoms with Crippen molar-refractivity contribution < 1.29 is 9.53 Å². The van der Waals surface area contributed by atoms with E-state index in [9.17, 15) is 10.1 Å². The molecule has 1 aromatic carbocycles. The minimum Gasteiger partial charge on any atom is -0.483 e. The van der Waals surface area contributed by atoms with E-state index in [1.54, 1.807) is 11.3 Å². The molecule has 178 valence electrons. The number of ether oxygens (including phenoxy) is 1. The Hall–Kier alpha value is -2.83. The summed E-state index contributed by atoms with van der Waals surface area (Å²) in [6.07, 6.45) is 5.07. The zero-order chi connectivity index (χ0) is 24.1. The van der Waals surface area contributed by atoms with Gasteiger partial charge < -0.3 is 14.6 Å². The summed E-state index contributed by atoms with van der Waals surface area (Å²) in [7, 11) is 0. The Morgan fingerprint density at radius 1 is 1.32 bits per heavy atom. The van der Waals surface area contributed by atoms with Crippen LogP contribution < -0.4 is 10.1 Å². The van der Waals surface area contributed by atoms with Crippen LogP contribution in [0.15, 0.2) is 29.4 Å². The lowest BCUT2D eigenvalue weighted by Gasteiger charge is -2.16. The van der Waals surface area contributed by atoms with Crippen molar-refractivity contribution in [3.8, 4) is 11.8 Å². The molecular weight excluding hydrogens is 466 g/mol. The van der Waals surface area contributed by atoms with Crippen molar-refractivity contribution in [2.75, 3.05) is 11.1 Å². The van der Waals surface area contributed by atoms with Crippen LogP contribution in [-0.4, -0.2) is 26.4 Å². The second-order valence-electron chi connectivity index (χ2n) is 8.38. The Bertz CT molecular complexity index is 1210. The highest BCUT2D eigenvalue weighted by molar-refractivity contribution is 7.99. The van der Waals surface area contributed by atoms with Gasteiger partial charge >= 0.3 is 0 Å². The molecule has 1 aliphatic rings. The number of rotatable bonds is 8. The molecule has 2 heterocycles. The van der Waals surface area contributed by atoms with Gasteiger partial charge in [0, 0.05) is 11.4 Å². The van der Waals surface area contributed by atoms with Crippen molar-refractivity contribution in [2.45, 2.75) is 70.7 Å². The second kappa shape index (κ2) is 11.1. The van der Waals surface area contributed by atoms with E-state index < -0.39 is 0 Å². The van der Waals surface area contributed by atoms with Crippen molar-refractivity contribution in [1.82, 2.24) is 14.8 Å². The van der Waals surface area contributed by atoms with E-state index in [-0.39, 0.29) is 17.8 Å². The van der Waals surface area contributed by atoms with Crippen LogP contribution in [0.4, 0.5) is 5.00 Å². The summed E-state index contributed by atoms with van der Waals surface area (Å²) < 4.78 is 8.05. The van der Waals surface area contributed by atoms with Gasteiger partial charge in [-0.05, 0) is 69.7 Å². The van der Waals surface area contributed by atoms with Crippen LogP contribution in [-0.2, 0) is 24.2 Å². The number of carbonyl (C=O) groups excluding carboxylic acids is 1. The van der Waals surface area contributed by atoms with Crippen LogP contribution in [0.1, 0.15) is 66.6 Å². The number of nitriles is 1. The Morgan fingerprint density at radius 3 is 2.91 bits per heavy atom. The molecule has 0 radical (unpaired) electrons. The first-order valence-electron chi connectivity index (χ1n) is 11.6. The molecule has 0 unspecified atom stereocenters. The fourth-order valence-corrected chi connectivity index (χ4v) is 6.26. The summed E-state index contributed by atoms with van der Waals surface area (Å²) in [4.78, 5) is 14.0. The lowest BCUT2D eigenvalue weighted by molar-refractivity contribution is -0.113. The van der Waals surface area contributed by atoms with Gasteiger partial charge in [0.2, 0.25) is 5.91 Å². The average Bonchev–Trinajstić information content (AvgIpc) is 3.29. The first-order chi connectivity index (χ1) is 16.5. The normalized spacial score (nSPS) is 14.1. The monoisotopic (exact) mass is 495 g/mol. The third kappa shape index (κ3) is 5.45. The maximum absolute atomic E-state index is 12.7. The van der Waals surface area contributed by atoms with Gasteiger partial charge in [-0.2, -0.15) is 5.26 Å². The molecule has 3 aromatic rings. The molecule has 0 aliphatic heterocycles. The number of carbonyl (C=O) groups is 1. The molecule has 7 nitrogen and oxygen atoms in total. The van der Waals surface area contributed by atoms with Gasteiger partial charge in [-0.15, -0.1) is 21.5 Å². The number of hydrogen-bond donors (Lipinski definition) is 1. The standard InChI is InChI=1S/C25H29N5O2S2/c1-4-30-23(17(3)32-18-10-8-9-16(2)13-18)28-29-25(30)33-15-22(31)27-24-20(14-26)19-11-6-5-7-12-21(19)34-24/h8-10,13,17H,4-7,11-12,15H2,1-3H3,(H,27,31)/t17-/m1/s1. The first-order valence-corrected chi connectivity index (χ1v) is 13.4. The van der Waals surface area contributed by atoms with E-state index in [0.717, 1.165) is 48.4 Å². The fraction of sp³-hybridized carbons (Fsp3) is 0.440. The van der Waals surface area contributed by atoms with E-state index in [1.807, 2.05) is 49.6 Å². The SMILES string of the molecule is CCn1c(SCC(=O)Nc2sc3c(c2C#N)CCCCC3)nnc1[C@@H](C)Oc1cccc(C)c1. The highest BCUT2D eigenvalue weighted by Crippen LogP contribution is 2.37. The first kappa shape index (κ1) is 24.3. The number of anilines is 1. The Labute approximate surface area is 208 Å². The molecule has 34 heavy (non-hydrogen) atoms. The van der Waals surface area contributed by atoms with Crippen LogP contribution >= 0.6 is 23.1 Å². The molecule has 1 atom stereocenters. The molecule has 0 bridgehead atoms. The van der Waals surface area contributed by atoms with E-state index in [1.165, 1.54) is 23.1 Å². The molecule has 4 rings (SSSR count). The van der Waals surface area contributed by atoms with Crippen molar-refractivity contribution in [2.24, 2.45) is 0 Å². The van der Waals surface area contributed by atoms with Gasteiger partial charge in [0.1, 0.15) is 16.8 Å². The summed E-state index contributed by atoms with van der Waals surface area (Å²) >= 11 is 2.90. The lowest BCUT2D eigenvalue weighted by Crippen LogP contribution is -2.15. The number of thiophene rings is 1. The van der Waals surface area contributed by atoms with Crippen molar-refractivity contribution in [3.63, 3.8) is 0 Å². The van der Waals surface area contributed by atoms with Gasteiger partial charge in [-0.25, -0.2) is 0 Å². The van der Waals surface area contributed by atoms with E-state index in [2.05, 4.69) is 21.6 Å². The molecule has 1 amide bonds. The number of aromatic nitrogens is 3. The number of thioether (sulfide) groups is 1. The van der Waals surface area contributed by atoms with Crippen molar-refractivity contribution in [1.29, 1.82) is 5.26 Å². The van der Waals surface area contributed by atoms with Crippen LogP contribution in [0.2, 0.25) is 0 Å². The maximum Gasteiger partial charge on any atom is 0.235 e. The third-order valence-corrected chi connectivity index (χ3v) is 8.02. The van der Waals surface area contributed by atoms with E-state index in [0.29, 0.717) is 22.3 Å². The third-order valence-electron chi connectivity index (χ3n) is 5.85. The van der Waals surface area contributed by atoms with Crippen molar-refractivity contribution >= 4 is 34.0 Å². The summed E-state index contributed by atoms with van der Waals surface area (Å²) in [5, 5.41) is 22.7. The Balaban J connectivity index is 1.41. The minimum atomic E-state index is -0.280. The minimum absolute atomic E-state index is 0.144. The highest BCUT2D eigenvalue weighted by Gasteiger charge is 2.22. The van der Waals surface area contributed by atoms with Crippen LogP contribution in [0, 0.1) is 18.3 Å². The molecule has 0 spiro atoms. The van der Waals surface area contributed by atoms with Crippen LogP contribution in [0.3, 0.4) is 0 Å². The van der Waals surface area contributed by atoms with Gasteiger partial charge in [0.25, 0.3) is 0 Å². The number of amides is 1. The van der Waals surface area contributed by atoms with E-state index >= 15 is 0 Å². The quantitative estimate of drug-likeness (QED) is 0.319. The fourth-order valence-electron chi connectivity index (χ4n) is 4.19. The average molecular weight is 496 g/mol. The van der Waals surface area contributed by atoms with E-state index in [4.69, 9.17) is 4.74 Å². The van der Waals surface area contributed by atoms with Gasteiger partial charge in [-0.1, -0.05) is 30.3 Å². The number of nitrogens with one attached hydrogen (secondary N) is 1. The number of nitrogens with zero attached hydrogens (tertiary/aromatic N) is 4. The summed E-state index contributed by atoms with van der Waals surface area (Å²) in [6.45, 7) is 6.67. The zero-order valence-electron chi connectivity index (χ0n) is 19.8. The Morgan fingerprint density at radius 2 is 2.15 bits per heavy atom. The topological polar surface area (TPSA) is 92.8 Å². The van der Waals surface area contributed by atoms with Gasteiger partial charge in [0.05, 0.1) is 11.3 Å². The highest BCUT2D eigenvalue weighted by atomic mass is 32.2. The molecule has 1 aliphatic carbocycles. The number of fused-ring (bicyclic) bond motifs is 1. The largest absolute Gasteiger partial charge is 0.483 e. The van der Waals surface area contributed by atoms with Crippen LogP contribution in [0.5, 0.6) is 5.75 Å². The van der Waals surface area contributed by atoms with Crippen molar-refractivity contribution in [3.05, 3.63) is 51.7 Å². The maximum atomic E-state index is 12.7. The summed E-state index contributed by atoms with van der Waals surface area (Å²) in [6, 6.07) is 10.2. The smallest absolute Gasteiger partial charge is 0.235 e. The molecular formula is C25H29N5O2S2. The molecule has 0 saturated carbocycles. The molecule has 9 heteroatoms. The van der Waals surface area contributed by atoms with Gasteiger partial charge in [-0.3, -0.25) is 4.79 Å². The molecule has 1 N–H and O–H groups in total. The number of hydrogen-bond acceptors (Lipinski definition) is 7. The number of benzene rings is 1. The summed E-state index contributed by atoms with van der Waals surface area (Å²) in [5.74, 6) is 1.56. The predicted octanol–water partition coefficient (Wildman–Crippen LogP) is 5.68. The Kier molecular flexibility index (Phi) is 7.91. The van der Waals surface area contributed by atoms with Gasteiger partial charge in [0.15, 0.2) is 17.1 Å². The molecule has 2 aromatic heterocycles. The summed E-state index contributed by atoms with van der Waals surface area (Å²) in [5.41, 5.74) is 2.90. The predicted molar refractivity (Wildman–Crippen MR) is 136 cm³/mol. The second-order valence-corrected chi connectivity index (χ2v) is 10.4. The van der Waals surface area contributed by atoms with Crippen LogP contribution in [0.25, 0.3) is 0 Å².